The van der Waals surface area contributed by atoms with Gasteiger partial charge in [0.1, 0.15) is 5.41 Å². The summed E-state index contributed by atoms with van der Waals surface area (Å²) in [6.07, 6.45) is 0. The zero-order chi connectivity index (χ0) is 17.3. The summed E-state index contributed by atoms with van der Waals surface area (Å²) in [5, 5.41) is 8.52. The molecule has 4 fully saturated rings. The molecular formula is C12H6N4O8Y2-4. The maximum atomic E-state index is 11.0. The molecule has 2 spiro atoms. The molecule has 12 nitrogen and oxygen atoms in total. The van der Waals surface area contributed by atoms with Crippen LogP contribution < -0.4 is 0 Å². The van der Waals surface area contributed by atoms with Gasteiger partial charge in [0.25, 0.3) is 11.8 Å². The quantitative estimate of drug-likeness (QED) is 0.198. The van der Waals surface area contributed by atoms with Crippen LogP contribution in [0.15, 0.2) is 0 Å². The molecule has 0 atom stereocenters. The molecule has 4 saturated heterocycles. The van der Waals surface area contributed by atoms with Gasteiger partial charge in [-0.25, -0.2) is 0 Å². The number of carbonyl (C=O) groups is 8. The summed E-state index contributed by atoms with van der Waals surface area (Å²) >= 11 is 0. The number of carbonyl (C=O) groups excluding carboxylic acids is 8. The van der Waals surface area contributed by atoms with Crippen molar-refractivity contribution in [3.63, 3.8) is 0 Å². The van der Waals surface area contributed by atoms with E-state index >= 15 is 0 Å². The van der Waals surface area contributed by atoms with Gasteiger partial charge in [0.15, 0.2) is 0 Å². The fourth-order valence-electron chi connectivity index (χ4n) is 2.26. The fourth-order valence-corrected chi connectivity index (χ4v) is 2.26. The molecule has 0 unspecified atom stereocenters. The molecule has 4 aliphatic rings. The van der Waals surface area contributed by atoms with Crippen LogP contribution in [0.25, 0.3) is 16.0 Å². The Morgan fingerprint density at radius 3 is 0.923 bits per heavy atom. The van der Waals surface area contributed by atoms with Gasteiger partial charge in [-0.05, 0) is 0 Å². The Morgan fingerprint density at radius 2 is 0.808 bits per heavy atom. The third kappa shape index (κ3) is 2.42. The minimum atomic E-state index is -2.11. The van der Waals surface area contributed by atoms with Gasteiger partial charge in [0, 0.05) is 72.5 Å². The molecule has 0 aromatic rings. The molecule has 0 saturated carbocycles. The number of amides is 8. The molecule has 2 radical (unpaired) electrons. The van der Waals surface area contributed by atoms with E-state index < -0.39 is 58.1 Å². The average Bonchev–Trinajstić information content (AvgIpc) is 2.47. The molecule has 14 heteroatoms. The van der Waals surface area contributed by atoms with Crippen LogP contribution in [0.4, 0.5) is 0 Å². The minimum absolute atomic E-state index is 0. The van der Waals surface area contributed by atoms with Crippen LogP contribution in [0.5, 0.6) is 0 Å². The number of imide groups is 4. The largest absolute Gasteiger partial charge is 0.593 e. The number of hydrogen-bond donors (Lipinski definition) is 0. The van der Waals surface area contributed by atoms with Crippen molar-refractivity contribution in [1.82, 2.24) is 4.90 Å². The molecule has 132 valence electrons. The summed E-state index contributed by atoms with van der Waals surface area (Å²) in [5.74, 6) is -7.31. The molecule has 0 aliphatic carbocycles. The Morgan fingerprint density at radius 1 is 0.577 bits per heavy atom. The van der Waals surface area contributed by atoms with Gasteiger partial charge >= 0.3 is 0 Å². The molecule has 4 heterocycles. The smallest absolute Gasteiger partial charge is 0.256 e. The minimum Gasteiger partial charge on any atom is -0.593 e. The SMILES string of the molecule is CN1C(=O)C2(C(=O)[N-]C2=O)C1=O.O=C1[N-]C(=O)C12C(=O)[N-]C2=O.[CH3-].[Y].[Y]. The second-order valence-electron chi connectivity index (χ2n) is 4.84. The summed E-state index contributed by atoms with van der Waals surface area (Å²) in [4.78, 5) is 86.6. The topological polar surface area (TPSA) is 182 Å². The summed E-state index contributed by atoms with van der Waals surface area (Å²) < 4.78 is 0. The Bertz CT molecular complexity index is 712. The first-order valence-electron chi connectivity index (χ1n) is 5.87. The summed E-state index contributed by atoms with van der Waals surface area (Å²) in [5.41, 5.74) is -4.16. The number of β-lactam (4-membered cyclic amide) rings is 8. The standard InChI is InChI=1S/C6H4N2O4.C5H2N2O4.CH3.2Y/c1-8-4(11)6(5(8)12)2(9)7-3(6)10;8-1-5(2(9)6-1)3(10)7-4(5)11;;;/h1H3,(H,7,9,10);(H2,6,7,8,9,10,11);1H3;;/q;;-1;;/p-3. The third-order valence-electron chi connectivity index (χ3n) is 3.78. The Labute approximate surface area is 195 Å². The normalized spacial score (nSPS) is 22.4. The van der Waals surface area contributed by atoms with Gasteiger partial charge in [-0.3, -0.25) is 14.5 Å². The van der Waals surface area contributed by atoms with Gasteiger partial charge < -0.3 is 52.1 Å². The summed E-state index contributed by atoms with van der Waals surface area (Å²) in [7, 11) is 1.22. The second kappa shape index (κ2) is 7.41. The first-order chi connectivity index (χ1) is 10.6. The van der Waals surface area contributed by atoms with Crippen molar-refractivity contribution in [1.29, 1.82) is 0 Å². The molecular weight excluding hydrogens is 506 g/mol. The van der Waals surface area contributed by atoms with Crippen LogP contribution in [0.2, 0.25) is 0 Å². The predicted molar refractivity (Wildman–Crippen MR) is 69.2 cm³/mol. The van der Waals surface area contributed by atoms with Crippen molar-refractivity contribution in [3.05, 3.63) is 23.4 Å². The molecule has 0 aromatic carbocycles. The van der Waals surface area contributed by atoms with Crippen molar-refractivity contribution in [3.8, 4) is 0 Å². The number of rotatable bonds is 0. The van der Waals surface area contributed by atoms with Crippen molar-refractivity contribution in [2.45, 2.75) is 0 Å². The van der Waals surface area contributed by atoms with Crippen LogP contribution in [0.3, 0.4) is 0 Å². The van der Waals surface area contributed by atoms with E-state index in [2.05, 4.69) is 16.0 Å². The maximum Gasteiger partial charge on any atom is 0.256 e. The van der Waals surface area contributed by atoms with Crippen molar-refractivity contribution < 1.29 is 104 Å². The molecule has 4 aliphatic heterocycles. The van der Waals surface area contributed by atoms with E-state index in [1.807, 2.05) is 0 Å². The maximum absolute atomic E-state index is 11.0. The Kier molecular flexibility index (Phi) is 7.06. The van der Waals surface area contributed by atoms with E-state index in [0.717, 1.165) is 4.90 Å². The van der Waals surface area contributed by atoms with Crippen molar-refractivity contribution in [2.24, 2.45) is 10.8 Å². The van der Waals surface area contributed by atoms with Crippen molar-refractivity contribution >= 4 is 47.3 Å². The molecule has 8 amide bonds. The summed E-state index contributed by atoms with van der Waals surface area (Å²) in [6.45, 7) is 0. The van der Waals surface area contributed by atoms with Gasteiger partial charge in [-0.1, -0.05) is 0 Å². The molecule has 0 N–H and O–H groups in total. The van der Waals surface area contributed by atoms with E-state index in [-0.39, 0.29) is 72.8 Å². The molecule has 26 heavy (non-hydrogen) atoms. The zero-order valence-corrected chi connectivity index (χ0v) is 18.9. The van der Waals surface area contributed by atoms with Crippen molar-refractivity contribution in [2.75, 3.05) is 7.05 Å². The van der Waals surface area contributed by atoms with Crippen LogP contribution in [0.1, 0.15) is 0 Å². The van der Waals surface area contributed by atoms with E-state index in [4.69, 9.17) is 0 Å². The van der Waals surface area contributed by atoms with Crippen LogP contribution >= 0.6 is 0 Å². The number of hydrogen-bond acceptors (Lipinski definition) is 8. The molecule has 0 aromatic heterocycles. The van der Waals surface area contributed by atoms with Crippen LogP contribution in [-0.2, 0) is 104 Å². The van der Waals surface area contributed by atoms with E-state index in [1.165, 1.54) is 7.05 Å². The first kappa shape index (κ1) is 24.8. The predicted octanol–water partition coefficient (Wildman–Crippen LogP) is -2.29. The van der Waals surface area contributed by atoms with E-state index in [1.54, 1.807) is 0 Å². The Hall–Kier alpha value is -1.23. The van der Waals surface area contributed by atoms with Gasteiger partial charge in [-0.15, -0.1) is 0 Å². The average molecular weight is 512 g/mol. The second-order valence-corrected chi connectivity index (χ2v) is 4.84. The van der Waals surface area contributed by atoms with E-state index in [0.29, 0.717) is 0 Å². The van der Waals surface area contributed by atoms with Gasteiger partial charge in [0.2, 0.25) is 5.41 Å². The number of nitrogens with zero attached hydrogens (tertiary/aromatic N) is 4. The van der Waals surface area contributed by atoms with Gasteiger partial charge in [0.05, 0.1) is 35.4 Å². The monoisotopic (exact) mass is 512 g/mol. The molecule has 4 rings (SSSR count). The van der Waals surface area contributed by atoms with Gasteiger partial charge in [-0.2, -0.15) is 0 Å². The third-order valence-corrected chi connectivity index (χ3v) is 3.78. The summed E-state index contributed by atoms with van der Waals surface area (Å²) in [6, 6.07) is 0. The Balaban J connectivity index is 0.000000432. The zero-order valence-electron chi connectivity index (χ0n) is 13.2. The first-order valence-corrected chi connectivity index (χ1v) is 5.87. The van der Waals surface area contributed by atoms with Crippen LogP contribution in [-0.4, -0.2) is 59.2 Å². The van der Waals surface area contributed by atoms with Crippen LogP contribution in [0, 0.1) is 18.3 Å². The van der Waals surface area contributed by atoms with E-state index in [9.17, 15) is 38.4 Å². The number of likely N-dealkylation sites (tertiary alicyclic amines) is 1. The molecule has 0 bridgehead atoms. The fraction of sp³-hybridized carbons (Fsp3) is 0.250.